The van der Waals surface area contributed by atoms with E-state index in [4.69, 9.17) is 28.4 Å². The zero-order chi connectivity index (χ0) is 54.4. The smallest absolute Gasteiger partial charge is 0.306 e. The highest BCUT2D eigenvalue weighted by Gasteiger charge is 2.47. The molecular weight excluding hydrogens is 957 g/mol. The maximum atomic E-state index is 13.1. The van der Waals surface area contributed by atoms with E-state index in [9.17, 15) is 40.5 Å². The van der Waals surface area contributed by atoms with Crippen LogP contribution in [0.15, 0.2) is 97.2 Å². The van der Waals surface area contributed by atoms with Crippen LogP contribution < -0.4 is 0 Å². The van der Waals surface area contributed by atoms with Crippen molar-refractivity contribution in [2.75, 3.05) is 33.0 Å². The summed E-state index contributed by atoms with van der Waals surface area (Å²) in [6.45, 7) is 3.45. The molecule has 0 spiro atoms. The number of aliphatic hydroxyl groups is 7. The molecular formula is C61H102O14. The summed E-state index contributed by atoms with van der Waals surface area (Å²) < 4.78 is 34.3. The van der Waals surface area contributed by atoms with E-state index < -0.39 is 86.7 Å². The highest BCUT2D eigenvalue weighted by Crippen LogP contribution is 2.26. The lowest BCUT2D eigenvalue weighted by Gasteiger charge is -2.42. The van der Waals surface area contributed by atoms with E-state index in [-0.39, 0.29) is 19.6 Å². The molecule has 0 aromatic rings. The molecule has 2 heterocycles. The van der Waals surface area contributed by atoms with Crippen LogP contribution in [0.5, 0.6) is 0 Å². The first-order chi connectivity index (χ1) is 36.6. The Bertz CT molecular complexity index is 1610. The highest BCUT2D eigenvalue weighted by atomic mass is 16.7. The van der Waals surface area contributed by atoms with Gasteiger partial charge in [-0.15, -0.1) is 0 Å². The van der Waals surface area contributed by atoms with Crippen molar-refractivity contribution in [1.82, 2.24) is 0 Å². The third-order valence-electron chi connectivity index (χ3n) is 13.1. The van der Waals surface area contributed by atoms with Gasteiger partial charge in [0, 0.05) is 13.0 Å². The van der Waals surface area contributed by atoms with Gasteiger partial charge in [0.05, 0.1) is 26.4 Å². The molecule has 2 rings (SSSR count). The van der Waals surface area contributed by atoms with Gasteiger partial charge < -0.3 is 64.2 Å². The van der Waals surface area contributed by atoms with E-state index >= 15 is 0 Å². The monoisotopic (exact) mass is 1060 g/mol. The normalized spacial score (nSPS) is 25.3. The van der Waals surface area contributed by atoms with Crippen LogP contribution >= 0.6 is 0 Å². The number of hydrogen-bond donors (Lipinski definition) is 7. The summed E-state index contributed by atoms with van der Waals surface area (Å²) >= 11 is 0. The van der Waals surface area contributed by atoms with Gasteiger partial charge in [0.2, 0.25) is 0 Å². The van der Waals surface area contributed by atoms with Crippen LogP contribution in [0.2, 0.25) is 0 Å². The first kappa shape index (κ1) is 68.0. The number of aliphatic hydroxyl groups excluding tert-OH is 7. The molecule has 430 valence electrons. The largest absolute Gasteiger partial charge is 0.457 e. The summed E-state index contributed by atoms with van der Waals surface area (Å²) in [5.41, 5.74) is 0. The van der Waals surface area contributed by atoms with E-state index in [1.807, 2.05) is 0 Å². The van der Waals surface area contributed by atoms with Crippen molar-refractivity contribution in [1.29, 1.82) is 0 Å². The predicted molar refractivity (Wildman–Crippen MR) is 298 cm³/mol. The Balaban J connectivity index is 1.75. The Labute approximate surface area is 452 Å². The molecule has 0 amide bonds. The fourth-order valence-corrected chi connectivity index (χ4v) is 8.44. The summed E-state index contributed by atoms with van der Waals surface area (Å²) in [4.78, 5) is 13.1. The molecule has 0 saturated carbocycles. The molecule has 0 bridgehead atoms. The van der Waals surface area contributed by atoms with Crippen LogP contribution in [0, 0.1) is 0 Å². The second kappa shape index (κ2) is 47.0. The van der Waals surface area contributed by atoms with Gasteiger partial charge in [-0.3, -0.25) is 4.79 Å². The number of carbonyl (C=O) groups is 1. The number of ether oxygens (including phenoxy) is 6. The predicted octanol–water partition coefficient (Wildman–Crippen LogP) is 10.2. The number of carbonyl (C=O) groups excluding carboxylic acids is 1. The Morgan fingerprint density at radius 2 is 0.867 bits per heavy atom. The Morgan fingerprint density at radius 3 is 1.36 bits per heavy atom. The molecule has 14 heteroatoms. The molecule has 14 nitrogen and oxygen atoms in total. The number of rotatable bonds is 45. The second-order valence-corrected chi connectivity index (χ2v) is 19.7. The minimum atomic E-state index is -1.72. The van der Waals surface area contributed by atoms with Crippen molar-refractivity contribution in [2.45, 2.75) is 248 Å². The molecule has 11 unspecified atom stereocenters. The van der Waals surface area contributed by atoms with Crippen LogP contribution in [0.4, 0.5) is 0 Å². The van der Waals surface area contributed by atoms with Crippen molar-refractivity contribution >= 4 is 5.97 Å². The zero-order valence-electron chi connectivity index (χ0n) is 46.0. The van der Waals surface area contributed by atoms with Gasteiger partial charge in [-0.2, -0.15) is 0 Å². The third-order valence-corrected chi connectivity index (χ3v) is 13.1. The lowest BCUT2D eigenvalue weighted by Crippen LogP contribution is -2.61. The minimum absolute atomic E-state index is 0.0311. The Hall–Kier alpha value is -3.09. The molecule has 7 N–H and O–H groups in total. The van der Waals surface area contributed by atoms with Gasteiger partial charge >= 0.3 is 5.97 Å². The molecule has 2 aliphatic rings. The van der Waals surface area contributed by atoms with Gasteiger partial charge in [-0.05, 0) is 96.3 Å². The zero-order valence-corrected chi connectivity index (χ0v) is 46.0. The average Bonchev–Trinajstić information content (AvgIpc) is 3.41. The van der Waals surface area contributed by atoms with Crippen molar-refractivity contribution in [3.63, 3.8) is 0 Å². The number of hydrogen-bond acceptors (Lipinski definition) is 14. The molecule has 0 aromatic heterocycles. The molecule has 0 radical (unpaired) electrons. The van der Waals surface area contributed by atoms with E-state index in [1.165, 1.54) is 57.8 Å². The fourth-order valence-electron chi connectivity index (χ4n) is 8.44. The van der Waals surface area contributed by atoms with Crippen LogP contribution in [0.25, 0.3) is 0 Å². The van der Waals surface area contributed by atoms with E-state index in [0.717, 1.165) is 96.3 Å². The van der Waals surface area contributed by atoms with Crippen molar-refractivity contribution in [3.8, 4) is 0 Å². The van der Waals surface area contributed by atoms with E-state index in [0.29, 0.717) is 13.0 Å². The summed E-state index contributed by atoms with van der Waals surface area (Å²) in [6.07, 6.45) is 46.0. The van der Waals surface area contributed by atoms with Crippen LogP contribution in [0.1, 0.15) is 181 Å². The highest BCUT2D eigenvalue weighted by molar-refractivity contribution is 5.69. The number of unbranched alkanes of at least 4 members (excludes halogenated alkanes) is 15. The summed E-state index contributed by atoms with van der Waals surface area (Å²) in [5.74, 6) is -0.396. The summed E-state index contributed by atoms with van der Waals surface area (Å²) in [6, 6.07) is 0. The standard InChI is InChI=1S/C61H102O14/c1-3-5-7-9-11-13-15-17-19-21-23-24-25-27-29-31-33-35-37-39-41-43-45-70-47-50(73-53(63)44-42-40-38-36-34-32-30-28-26-22-20-18-16-14-12-10-8-6-4-2)48-71-60-59(69)57(67)55(65)52(75-60)49-72-61-58(68)56(66)54(64)51(46-62)74-61/h5,7,11-14,17-20,23-24,27,29,33,35,50-52,54-62,64-69H,3-4,6,8-10,15-16,21-22,25-26,28,30-32,34,36-49H2,1-2H3/b7-5-,13-11-,14-12-,19-17-,20-18-,24-23-,29-27-,35-33-. The lowest BCUT2D eigenvalue weighted by molar-refractivity contribution is -0.332. The molecule has 0 aliphatic carbocycles. The second-order valence-electron chi connectivity index (χ2n) is 19.7. The molecule has 2 aliphatic heterocycles. The molecule has 0 aromatic carbocycles. The van der Waals surface area contributed by atoms with E-state index in [2.05, 4.69) is 111 Å². The summed E-state index contributed by atoms with van der Waals surface area (Å²) in [5, 5.41) is 72.3. The van der Waals surface area contributed by atoms with Crippen molar-refractivity contribution < 1.29 is 69.0 Å². The molecule has 11 atom stereocenters. The van der Waals surface area contributed by atoms with Gasteiger partial charge in [0.15, 0.2) is 12.6 Å². The van der Waals surface area contributed by atoms with Gasteiger partial charge in [-0.1, -0.05) is 175 Å². The first-order valence-electron chi connectivity index (χ1n) is 28.8. The topological polar surface area (TPSA) is 214 Å². The summed E-state index contributed by atoms with van der Waals surface area (Å²) in [7, 11) is 0. The van der Waals surface area contributed by atoms with Crippen molar-refractivity contribution in [2.24, 2.45) is 0 Å². The van der Waals surface area contributed by atoms with Crippen molar-refractivity contribution in [3.05, 3.63) is 97.2 Å². The van der Waals surface area contributed by atoms with Crippen LogP contribution in [-0.2, 0) is 33.2 Å². The first-order valence-corrected chi connectivity index (χ1v) is 28.8. The average molecular weight is 1060 g/mol. The SMILES string of the molecule is CC/C=C\C/C=C\C/C=C\C/C=C\C/C=C\C/C=C\CCCCCOCC(COC1OC(COC2OC(CO)C(O)C(O)C2O)C(O)C(O)C1O)OC(=O)CCCCCCCCCCC/C=C\C/C=C\CCCCC. The van der Waals surface area contributed by atoms with Gasteiger partial charge in [0.25, 0.3) is 0 Å². The van der Waals surface area contributed by atoms with Crippen LogP contribution in [0.3, 0.4) is 0 Å². The van der Waals surface area contributed by atoms with Crippen LogP contribution in [-0.4, -0.2) is 142 Å². The van der Waals surface area contributed by atoms with Gasteiger partial charge in [-0.25, -0.2) is 0 Å². The molecule has 2 saturated heterocycles. The fraction of sp³-hybridized carbons (Fsp3) is 0.721. The number of esters is 1. The Morgan fingerprint density at radius 1 is 0.453 bits per heavy atom. The third kappa shape index (κ3) is 33.7. The molecule has 2 fully saturated rings. The maximum Gasteiger partial charge on any atom is 0.306 e. The van der Waals surface area contributed by atoms with E-state index in [1.54, 1.807) is 0 Å². The quantitative estimate of drug-likeness (QED) is 0.0172. The Kier molecular flexibility index (Phi) is 42.6. The maximum absolute atomic E-state index is 13.1. The lowest BCUT2D eigenvalue weighted by atomic mass is 9.98. The number of allylic oxidation sites excluding steroid dienone is 16. The van der Waals surface area contributed by atoms with Gasteiger partial charge in [0.1, 0.15) is 54.9 Å². The minimum Gasteiger partial charge on any atom is -0.457 e. The molecule has 75 heavy (non-hydrogen) atoms.